The van der Waals surface area contributed by atoms with E-state index in [1.165, 1.54) is 0 Å². The van der Waals surface area contributed by atoms with Crippen molar-refractivity contribution in [3.05, 3.63) is 35.4 Å². The summed E-state index contributed by atoms with van der Waals surface area (Å²) in [5.74, 6) is -0.388. The standard InChI is InChI=1S/C10H10ClNO3/c1-2-15-10(13)8-5-3-7(4-6-8)9(11)12-14/h3-6,14H,2H2,1H3/b12-9-. The number of esters is 1. The fourth-order valence-electron chi connectivity index (χ4n) is 1.02. The summed E-state index contributed by atoms with van der Waals surface area (Å²) in [6.07, 6.45) is 0. The van der Waals surface area contributed by atoms with Crippen molar-refractivity contribution in [3.8, 4) is 0 Å². The van der Waals surface area contributed by atoms with Crippen LogP contribution in [0.1, 0.15) is 22.8 Å². The normalized spacial score (nSPS) is 11.2. The van der Waals surface area contributed by atoms with E-state index < -0.39 is 0 Å². The molecule has 0 aliphatic rings. The number of carbonyl (C=O) groups excluding carboxylic acids is 1. The zero-order valence-corrected chi connectivity index (χ0v) is 8.86. The highest BCUT2D eigenvalue weighted by molar-refractivity contribution is 6.69. The highest BCUT2D eigenvalue weighted by atomic mass is 35.5. The molecule has 0 aliphatic carbocycles. The Bertz CT molecular complexity index is 373. The van der Waals surface area contributed by atoms with Crippen LogP contribution in [0.25, 0.3) is 0 Å². The summed E-state index contributed by atoms with van der Waals surface area (Å²) in [5, 5.41) is 11.2. The lowest BCUT2D eigenvalue weighted by Crippen LogP contribution is -2.04. The average molecular weight is 228 g/mol. The van der Waals surface area contributed by atoms with Gasteiger partial charge in [0.25, 0.3) is 0 Å². The number of oxime groups is 1. The molecule has 0 heterocycles. The molecule has 1 aromatic carbocycles. The Balaban J connectivity index is 2.85. The Kier molecular flexibility index (Phi) is 4.12. The van der Waals surface area contributed by atoms with Crippen molar-refractivity contribution < 1.29 is 14.7 Å². The van der Waals surface area contributed by atoms with Gasteiger partial charge in [-0.2, -0.15) is 0 Å². The van der Waals surface area contributed by atoms with Gasteiger partial charge in [0.2, 0.25) is 0 Å². The van der Waals surface area contributed by atoms with Crippen molar-refractivity contribution in [1.29, 1.82) is 0 Å². The second kappa shape index (κ2) is 5.36. The maximum atomic E-state index is 11.3. The minimum atomic E-state index is -0.388. The smallest absolute Gasteiger partial charge is 0.338 e. The van der Waals surface area contributed by atoms with Gasteiger partial charge in [-0.3, -0.25) is 0 Å². The van der Waals surface area contributed by atoms with Crippen molar-refractivity contribution >= 4 is 22.7 Å². The molecule has 0 bridgehead atoms. The number of ether oxygens (including phenoxy) is 1. The summed E-state index contributed by atoms with van der Waals surface area (Å²) in [5.41, 5.74) is 0.968. The molecule has 1 N–H and O–H groups in total. The van der Waals surface area contributed by atoms with Crippen LogP contribution in [-0.2, 0) is 4.74 Å². The molecule has 0 unspecified atom stereocenters. The summed E-state index contributed by atoms with van der Waals surface area (Å²) in [4.78, 5) is 11.3. The summed E-state index contributed by atoms with van der Waals surface area (Å²) in [6, 6.07) is 6.27. The fourth-order valence-corrected chi connectivity index (χ4v) is 1.14. The lowest BCUT2D eigenvalue weighted by molar-refractivity contribution is 0.0526. The largest absolute Gasteiger partial charge is 0.462 e. The van der Waals surface area contributed by atoms with E-state index in [-0.39, 0.29) is 11.1 Å². The first-order valence-corrected chi connectivity index (χ1v) is 4.72. The molecule has 5 heteroatoms. The van der Waals surface area contributed by atoms with Gasteiger partial charge in [-0.25, -0.2) is 4.79 Å². The predicted molar refractivity (Wildman–Crippen MR) is 56.6 cm³/mol. The zero-order valence-electron chi connectivity index (χ0n) is 8.11. The van der Waals surface area contributed by atoms with Gasteiger partial charge in [0.05, 0.1) is 12.2 Å². The lowest BCUT2D eigenvalue weighted by atomic mass is 10.1. The summed E-state index contributed by atoms with van der Waals surface area (Å²) in [7, 11) is 0. The van der Waals surface area contributed by atoms with E-state index in [0.29, 0.717) is 17.7 Å². The van der Waals surface area contributed by atoms with E-state index >= 15 is 0 Å². The highest BCUT2D eigenvalue weighted by Crippen LogP contribution is 2.09. The van der Waals surface area contributed by atoms with Crippen molar-refractivity contribution in [2.45, 2.75) is 6.92 Å². The average Bonchev–Trinajstić information content (AvgIpc) is 2.28. The van der Waals surface area contributed by atoms with Gasteiger partial charge >= 0.3 is 5.97 Å². The quantitative estimate of drug-likeness (QED) is 0.373. The van der Waals surface area contributed by atoms with Crippen molar-refractivity contribution in [2.75, 3.05) is 6.61 Å². The van der Waals surface area contributed by atoms with E-state index in [9.17, 15) is 4.79 Å². The molecule has 4 nitrogen and oxygen atoms in total. The molecular weight excluding hydrogens is 218 g/mol. The highest BCUT2D eigenvalue weighted by Gasteiger charge is 2.06. The minimum Gasteiger partial charge on any atom is -0.462 e. The SMILES string of the molecule is CCOC(=O)c1ccc(/C(Cl)=N/O)cc1. The van der Waals surface area contributed by atoms with E-state index in [1.54, 1.807) is 31.2 Å². The van der Waals surface area contributed by atoms with Crippen LogP contribution in [0.4, 0.5) is 0 Å². The van der Waals surface area contributed by atoms with Crippen LogP contribution in [-0.4, -0.2) is 23.0 Å². The number of benzene rings is 1. The molecule has 0 radical (unpaired) electrons. The Morgan fingerprint density at radius 3 is 2.40 bits per heavy atom. The molecule has 80 valence electrons. The van der Waals surface area contributed by atoms with E-state index in [0.717, 1.165) is 0 Å². The third-order valence-electron chi connectivity index (χ3n) is 1.72. The minimum absolute atomic E-state index is 0.0228. The van der Waals surface area contributed by atoms with E-state index in [4.69, 9.17) is 21.5 Å². The number of hydrogen-bond acceptors (Lipinski definition) is 4. The number of nitrogens with zero attached hydrogens (tertiary/aromatic N) is 1. The van der Waals surface area contributed by atoms with Gasteiger partial charge in [-0.15, -0.1) is 0 Å². The van der Waals surface area contributed by atoms with Crippen LogP contribution in [0, 0.1) is 0 Å². The lowest BCUT2D eigenvalue weighted by Gasteiger charge is -2.02. The molecule has 0 amide bonds. The van der Waals surface area contributed by atoms with Gasteiger partial charge in [0.1, 0.15) is 0 Å². The third-order valence-corrected chi connectivity index (χ3v) is 2.02. The molecule has 1 aromatic rings. The van der Waals surface area contributed by atoms with E-state index in [2.05, 4.69) is 5.16 Å². The number of rotatable bonds is 3. The maximum Gasteiger partial charge on any atom is 0.338 e. The van der Waals surface area contributed by atoms with Crippen LogP contribution in [0.5, 0.6) is 0 Å². The Hall–Kier alpha value is -1.55. The first-order chi connectivity index (χ1) is 7.19. The van der Waals surface area contributed by atoms with E-state index in [1.807, 2.05) is 0 Å². The summed E-state index contributed by atoms with van der Waals surface area (Å²) >= 11 is 5.57. The van der Waals surface area contributed by atoms with Crippen LogP contribution in [0.3, 0.4) is 0 Å². The van der Waals surface area contributed by atoms with Crippen molar-refractivity contribution in [1.82, 2.24) is 0 Å². The molecule has 0 saturated heterocycles. The first-order valence-electron chi connectivity index (χ1n) is 4.34. The van der Waals surface area contributed by atoms with Crippen LogP contribution in [0.2, 0.25) is 0 Å². The molecule has 0 atom stereocenters. The van der Waals surface area contributed by atoms with Crippen LogP contribution >= 0.6 is 11.6 Å². The summed E-state index contributed by atoms with van der Waals surface area (Å²) in [6.45, 7) is 2.07. The molecule has 15 heavy (non-hydrogen) atoms. The van der Waals surface area contributed by atoms with Crippen molar-refractivity contribution in [3.63, 3.8) is 0 Å². The van der Waals surface area contributed by atoms with Gasteiger partial charge in [0, 0.05) is 5.56 Å². The Morgan fingerprint density at radius 1 is 1.40 bits per heavy atom. The molecular formula is C10H10ClNO3. The van der Waals surface area contributed by atoms with Gasteiger partial charge in [0.15, 0.2) is 5.17 Å². The first kappa shape index (κ1) is 11.5. The number of hydrogen-bond donors (Lipinski definition) is 1. The predicted octanol–water partition coefficient (Wildman–Crippen LogP) is 2.24. The molecule has 0 aromatic heterocycles. The Labute approximate surface area is 92.1 Å². The summed E-state index contributed by atoms with van der Waals surface area (Å²) < 4.78 is 4.80. The maximum absolute atomic E-state index is 11.3. The van der Waals surface area contributed by atoms with Crippen LogP contribution in [0.15, 0.2) is 29.4 Å². The molecule has 0 spiro atoms. The zero-order chi connectivity index (χ0) is 11.3. The topological polar surface area (TPSA) is 58.9 Å². The number of carbonyl (C=O) groups is 1. The molecule has 0 fully saturated rings. The monoisotopic (exact) mass is 227 g/mol. The third kappa shape index (κ3) is 2.95. The number of halogens is 1. The second-order valence-corrected chi connectivity index (χ2v) is 3.05. The van der Waals surface area contributed by atoms with Crippen LogP contribution < -0.4 is 0 Å². The molecule has 0 saturated carbocycles. The van der Waals surface area contributed by atoms with Gasteiger partial charge in [-0.1, -0.05) is 28.9 Å². The molecule has 1 rings (SSSR count). The van der Waals surface area contributed by atoms with Crippen molar-refractivity contribution in [2.24, 2.45) is 5.16 Å². The fraction of sp³-hybridized carbons (Fsp3) is 0.200. The molecule has 0 aliphatic heterocycles. The second-order valence-electron chi connectivity index (χ2n) is 2.69. The van der Waals surface area contributed by atoms with Gasteiger partial charge < -0.3 is 9.94 Å². The Morgan fingerprint density at radius 2 is 1.93 bits per heavy atom. The van der Waals surface area contributed by atoms with Gasteiger partial charge in [-0.05, 0) is 19.1 Å².